The van der Waals surface area contributed by atoms with E-state index in [0.717, 1.165) is 43.0 Å². The van der Waals surface area contributed by atoms with Gasteiger partial charge in [0, 0.05) is 5.69 Å². The number of rotatable bonds is 3. The van der Waals surface area contributed by atoms with Crippen LogP contribution in [0.4, 0.5) is 11.4 Å². The SMILES string of the molecule is Cc1ccc(N2C(=O)C[C@H]([NH+]3CCN(c4ccccc4)CC3)C2=O)c(C)c1. The topological polar surface area (TPSA) is 45.1 Å². The first kappa shape index (κ1) is 17.7. The van der Waals surface area contributed by atoms with Gasteiger partial charge >= 0.3 is 0 Å². The molecule has 2 aliphatic rings. The van der Waals surface area contributed by atoms with Crippen LogP contribution in [0.2, 0.25) is 0 Å². The number of amides is 2. The van der Waals surface area contributed by atoms with Gasteiger partial charge in [-0.05, 0) is 37.6 Å². The van der Waals surface area contributed by atoms with E-state index in [1.54, 1.807) is 0 Å². The lowest BCUT2D eigenvalue weighted by Gasteiger charge is -2.35. The molecule has 2 fully saturated rings. The van der Waals surface area contributed by atoms with Crippen molar-refractivity contribution < 1.29 is 14.5 Å². The summed E-state index contributed by atoms with van der Waals surface area (Å²) in [5, 5.41) is 0. The molecule has 5 heteroatoms. The number of anilines is 2. The number of hydrogen-bond donors (Lipinski definition) is 1. The molecular formula is C22H26N3O2+. The smallest absolute Gasteiger partial charge is 0.292 e. The Bertz CT molecular complexity index is 857. The average Bonchev–Trinajstić information content (AvgIpc) is 2.97. The van der Waals surface area contributed by atoms with Gasteiger partial charge in [-0.3, -0.25) is 9.59 Å². The molecule has 2 heterocycles. The lowest BCUT2D eigenvalue weighted by molar-refractivity contribution is -0.915. The fraction of sp³-hybridized carbons (Fsp3) is 0.364. The van der Waals surface area contributed by atoms with E-state index in [4.69, 9.17) is 0 Å². The summed E-state index contributed by atoms with van der Waals surface area (Å²) in [7, 11) is 0. The molecule has 0 aromatic heterocycles. The summed E-state index contributed by atoms with van der Waals surface area (Å²) < 4.78 is 0. The first-order chi connectivity index (χ1) is 13.0. The van der Waals surface area contributed by atoms with Crippen LogP contribution in [0, 0.1) is 13.8 Å². The predicted molar refractivity (Wildman–Crippen MR) is 106 cm³/mol. The van der Waals surface area contributed by atoms with Crippen molar-refractivity contribution in [2.24, 2.45) is 0 Å². The molecular weight excluding hydrogens is 338 g/mol. The van der Waals surface area contributed by atoms with Crippen LogP contribution in [0.5, 0.6) is 0 Å². The van der Waals surface area contributed by atoms with Crippen LogP contribution in [0.3, 0.4) is 0 Å². The van der Waals surface area contributed by atoms with Gasteiger partial charge in [-0.1, -0.05) is 35.9 Å². The fourth-order valence-electron chi connectivity index (χ4n) is 4.30. The quantitative estimate of drug-likeness (QED) is 0.836. The van der Waals surface area contributed by atoms with Gasteiger partial charge in [0.1, 0.15) is 0 Å². The average molecular weight is 364 g/mol. The molecule has 1 atom stereocenters. The Morgan fingerprint density at radius 3 is 2.33 bits per heavy atom. The van der Waals surface area contributed by atoms with Crippen molar-refractivity contribution in [3.05, 3.63) is 59.7 Å². The van der Waals surface area contributed by atoms with Gasteiger partial charge in [-0.25, -0.2) is 4.90 Å². The highest BCUT2D eigenvalue weighted by Gasteiger charge is 2.46. The largest absolute Gasteiger partial charge is 0.360 e. The summed E-state index contributed by atoms with van der Waals surface area (Å²) >= 11 is 0. The summed E-state index contributed by atoms with van der Waals surface area (Å²) in [5.74, 6) is -0.120. The number of nitrogens with zero attached hydrogens (tertiary/aromatic N) is 2. The van der Waals surface area contributed by atoms with Crippen molar-refractivity contribution in [1.29, 1.82) is 0 Å². The molecule has 4 rings (SSSR count). The number of hydrogen-bond acceptors (Lipinski definition) is 3. The molecule has 2 aliphatic heterocycles. The maximum absolute atomic E-state index is 13.1. The minimum absolute atomic E-state index is 0.0462. The van der Waals surface area contributed by atoms with Crippen LogP contribution in [-0.2, 0) is 9.59 Å². The van der Waals surface area contributed by atoms with Gasteiger partial charge in [0.2, 0.25) is 5.91 Å². The Morgan fingerprint density at radius 1 is 0.963 bits per heavy atom. The van der Waals surface area contributed by atoms with Gasteiger partial charge in [0.05, 0.1) is 38.3 Å². The Morgan fingerprint density at radius 2 is 1.67 bits per heavy atom. The van der Waals surface area contributed by atoms with E-state index in [0.29, 0.717) is 6.42 Å². The van der Waals surface area contributed by atoms with E-state index in [9.17, 15) is 9.59 Å². The van der Waals surface area contributed by atoms with Crippen molar-refractivity contribution in [3.8, 4) is 0 Å². The van der Waals surface area contributed by atoms with Crippen molar-refractivity contribution in [3.63, 3.8) is 0 Å². The maximum atomic E-state index is 13.1. The Labute approximate surface area is 160 Å². The van der Waals surface area contributed by atoms with Crippen LogP contribution < -0.4 is 14.7 Å². The summed E-state index contributed by atoms with van der Waals surface area (Å²) in [4.78, 5) is 30.7. The molecule has 0 radical (unpaired) electrons. The van der Waals surface area contributed by atoms with Crippen LogP contribution in [0.15, 0.2) is 48.5 Å². The molecule has 0 saturated carbocycles. The lowest BCUT2D eigenvalue weighted by Crippen LogP contribution is -3.19. The minimum atomic E-state index is -0.254. The van der Waals surface area contributed by atoms with Crippen LogP contribution in [-0.4, -0.2) is 44.0 Å². The second-order valence-corrected chi connectivity index (χ2v) is 7.59. The number of para-hydroxylation sites is 1. The van der Waals surface area contributed by atoms with Gasteiger partial charge in [-0.15, -0.1) is 0 Å². The standard InChI is InChI=1S/C22H25N3O2/c1-16-8-9-19(17(2)14-16)25-21(26)15-20(22(25)27)24-12-10-23(11-13-24)18-6-4-3-5-7-18/h3-9,14,20H,10-13,15H2,1-2H3/p+1/t20-/m0/s1. The van der Waals surface area contributed by atoms with E-state index in [2.05, 4.69) is 29.2 Å². The van der Waals surface area contributed by atoms with Crippen LogP contribution in [0.1, 0.15) is 17.5 Å². The number of carbonyl (C=O) groups is 2. The van der Waals surface area contributed by atoms with E-state index >= 15 is 0 Å². The number of carbonyl (C=O) groups excluding carboxylic acids is 2. The molecule has 2 aromatic rings. The van der Waals surface area contributed by atoms with Gasteiger partial charge in [0.25, 0.3) is 5.91 Å². The van der Waals surface area contributed by atoms with Crippen molar-refractivity contribution in [1.82, 2.24) is 0 Å². The Kier molecular flexibility index (Phi) is 4.70. The monoisotopic (exact) mass is 364 g/mol. The zero-order valence-corrected chi connectivity index (χ0v) is 15.9. The van der Waals surface area contributed by atoms with E-state index in [1.807, 2.05) is 38.1 Å². The third-order valence-corrected chi connectivity index (χ3v) is 5.76. The molecule has 27 heavy (non-hydrogen) atoms. The molecule has 2 amide bonds. The summed E-state index contributed by atoms with van der Waals surface area (Å²) in [5.41, 5.74) is 4.07. The van der Waals surface area contributed by atoms with Crippen molar-refractivity contribution in [2.45, 2.75) is 26.3 Å². The minimum Gasteiger partial charge on any atom is -0.360 e. The molecule has 0 spiro atoms. The van der Waals surface area contributed by atoms with Crippen molar-refractivity contribution >= 4 is 23.2 Å². The predicted octanol–water partition coefficient (Wildman–Crippen LogP) is 1.34. The summed E-state index contributed by atoms with van der Waals surface area (Å²) in [6.07, 6.45) is 0.312. The highest BCUT2D eigenvalue weighted by Crippen LogP contribution is 2.26. The number of piperazine rings is 1. The fourth-order valence-corrected chi connectivity index (χ4v) is 4.30. The molecule has 5 nitrogen and oxygen atoms in total. The number of aryl methyl sites for hydroxylation is 2. The first-order valence-electron chi connectivity index (χ1n) is 9.63. The second kappa shape index (κ2) is 7.16. The molecule has 2 aromatic carbocycles. The van der Waals surface area contributed by atoms with E-state index in [-0.39, 0.29) is 17.9 Å². The maximum Gasteiger partial charge on any atom is 0.292 e. The van der Waals surface area contributed by atoms with Crippen molar-refractivity contribution in [2.75, 3.05) is 36.0 Å². The van der Waals surface area contributed by atoms with Gasteiger partial charge < -0.3 is 9.80 Å². The number of quaternary nitrogens is 1. The highest BCUT2D eigenvalue weighted by molar-refractivity contribution is 6.22. The number of benzene rings is 2. The zero-order chi connectivity index (χ0) is 19.0. The lowest BCUT2D eigenvalue weighted by atomic mass is 10.1. The molecule has 140 valence electrons. The molecule has 1 N–H and O–H groups in total. The third-order valence-electron chi connectivity index (χ3n) is 5.76. The highest BCUT2D eigenvalue weighted by atomic mass is 16.2. The van der Waals surface area contributed by atoms with Gasteiger partial charge in [0.15, 0.2) is 6.04 Å². The third kappa shape index (κ3) is 3.35. The Hall–Kier alpha value is -2.66. The number of nitrogens with one attached hydrogen (secondary N) is 1. The first-order valence-corrected chi connectivity index (χ1v) is 9.63. The molecule has 0 unspecified atom stereocenters. The van der Waals surface area contributed by atoms with Crippen LogP contribution >= 0.6 is 0 Å². The molecule has 2 saturated heterocycles. The summed E-state index contributed by atoms with van der Waals surface area (Å²) in [6, 6.07) is 16.0. The molecule has 0 aliphatic carbocycles. The van der Waals surface area contributed by atoms with Gasteiger partial charge in [-0.2, -0.15) is 0 Å². The van der Waals surface area contributed by atoms with Crippen LogP contribution in [0.25, 0.3) is 0 Å². The Balaban J connectivity index is 1.46. The molecule has 0 bridgehead atoms. The number of imide groups is 1. The zero-order valence-electron chi connectivity index (χ0n) is 15.9. The van der Waals surface area contributed by atoms with E-state index < -0.39 is 0 Å². The second-order valence-electron chi connectivity index (χ2n) is 7.59. The van der Waals surface area contributed by atoms with E-state index in [1.165, 1.54) is 15.5 Å². The summed E-state index contributed by atoms with van der Waals surface area (Å²) in [6.45, 7) is 7.53. The normalized spacial score (nSPS) is 21.2.